The van der Waals surface area contributed by atoms with Crippen LogP contribution >= 0.6 is 0 Å². The van der Waals surface area contributed by atoms with Crippen LogP contribution in [0.1, 0.15) is 17.0 Å². The van der Waals surface area contributed by atoms with Gasteiger partial charge in [0.2, 0.25) is 0 Å². The molecular weight excluding hydrogens is 388 g/mol. The SMILES string of the molecule is CN=C(NCc1cccc(Cn2cncn2)c1)N(C)Cc1ncc(-c2ccccc2)[nH]1. The average molecular weight is 415 g/mol. The van der Waals surface area contributed by atoms with E-state index in [0.29, 0.717) is 19.6 Å². The lowest BCUT2D eigenvalue weighted by Crippen LogP contribution is -2.38. The molecule has 2 aromatic heterocycles. The number of hydrogen-bond donors (Lipinski definition) is 2. The number of aliphatic imine (C=N–C) groups is 1. The van der Waals surface area contributed by atoms with E-state index in [-0.39, 0.29) is 0 Å². The lowest BCUT2D eigenvalue weighted by Gasteiger charge is -2.21. The highest BCUT2D eigenvalue weighted by Gasteiger charge is 2.10. The lowest BCUT2D eigenvalue weighted by atomic mass is 10.1. The number of hydrogen-bond acceptors (Lipinski definition) is 4. The minimum absolute atomic E-state index is 0.624. The highest BCUT2D eigenvalue weighted by Crippen LogP contribution is 2.16. The van der Waals surface area contributed by atoms with Crippen molar-refractivity contribution >= 4 is 5.96 Å². The van der Waals surface area contributed by atoms with E-state index in [1.54, 1.807) is 19.7 Å². The van der Waals surface area contributed by atoms with Crippen LogP contribution in [-0.4, -0.2) is 49.7 Å². The summed E-state index contributed by atoms with van der Waals surface area (Å²) in [7, 11) is 3.79. The molecule has 0 bridgehead atoms. The predicted octanol–water partition coefficient (Wildman–Crippen LogP) is 2.92. The Kier molecular flexibility index (Phi) is 6.37. The van der Waals surface area contributed by atoms with E-state index in [4.69, 9.17) is 0 Å². The van der Waals surface area contributed by atoms with Crippen LogP contribution in [0.4, 0.5) is 0 Å². The molecule has 8 nitrogen and oxygen atoms in total. The quantitative estimate of drug-likeness (QED) is 0.359. The van der Waals surface area contributed by atoms with Gasteiger partial charge < -0.3 is 15.2 Å². The van der Waals surface area contributed by atoms with Crippen LogP contribution in [0, 0.1) is 0 Å². The van der Waals surface area contributed by atoms with E-state index in [0.717, 1.165) is 23.0 Å². The normalized spacial score (nSPS) is 11.5. The minimum Gasteiger partial charge on any atom is -0.352 e. The van der Waals surface area contributed by atoms with Crippen molar-refractivity contribution in [3.63, 3.8) is 0 Å². The van der Waals surface area contributed by atoms with Gasteiger partial charge in [0, 0.05) is 20.6 Å². The largest absolute Gasteiger partial charge is 0.352 e. The van der Waals surface area contributed by atoms with E-state index in [1.165, 1.54) is 11.1 Å². The standard InChI is InChI=1S/C23H26N8/c1-24-23(27-12-18-7-6-8-19(11-18)14-31-17-25-16-28-31)30(2)15-22-26-13-21(29-22)20-9-4-3-5-10-20/h3-11,13,16-17H,12,14-15H2,1-2H3,(H,24,27)(H,26,29). The molecule has 4 rings (SSSR count). The first kappa shape index (κ1) is 20.3. The van der Waals surface area contributed by atoms with Gasteiger partial charge in [0.15, 0.2) is 5.96 Å². The molecule has 0 aliphatic rings. The van der Waals surface area contributed by atoms with E-state index in [9.17, 15) is 0 Å². The molecule has 2 N–H and O–H groups in total. The maximum atomic E-state index is 4.52. The molecule has 0 radical (unpaired) electrons. The lowest BCUT2D eigenvalue weighted by molar-refractivity contribution is 0.464. The molecule has 31 heavy (non-hydrogen) atoms. The van der Waals surface area contributed by atoms with Crippen molar-refractivity contribution in [2.75, 3.05) is 14.1 Å². The summed E-state index contributed by atoms with van der Waals surface area (Å²) in [5.74, 6) is 1.69. The maximum Gasteiger partial charge on any atom is 0.194 e. The Morgan fingerprint density at radius 1 is 1.13 bits per heavy atom. The summed E-state index contributed by atoms with van der Waals surface area (Å²) >= 11 is 0. The Labute approximate surface area is 181 Å². The van der Waals surface area contributed by atoms with Crippen LogP contribution in [0.15, 0.2) is 78.4 Å². The van der Waals surface area contributed by atoms with Crippen LogP contribution in [0.25, 0.3) is 11.3 Å². The molecule has 158 valence electrons. The predicted molar refractivity (Wildman–Crippen MR) is 121 cm³/mol. The first-order valence-corrected chi connectivity index (χ1v) is 10.1. The van der Waals surface area contributed by atoms with Gasteiger partial charge in [0.05, 0.1) is 25.0 Å². The average Bonchev–Trinajstić information content (AvgIpc) is 3.47. The molecule has 0 aliphatic heterocycles. The number of aromatic amines is 1. The molecule has 0 saturated heterocycles. The molecule has 4 aromatic rings. The third kappa shape index (κ3) is 5.36. The van der Waals surface area contributed by atoms with Crippen LogP contribution in [0.5, 0.6) is 0 Å². The summed E-state index contributed by atoms with van der Waals surface area (Å²) < 4.78 is 1.81. The van der Waals surface area contributed by atoms with Gasteiger partial charge in [-0.3, -0.25) is 4.99 Å². The van der Waals surface area contributed by atoms with Gasteiger partial charge in [-0.15, -0.1) is 0 Å². The second-order valence-corrected chi connectivity index (χ2v) is 7.28. The second kappa shape index (κ2) is 9.71. The van der Waals surface area contributed by atoms with Gasteiger partial charge in [-0.05, 0) is 16.7 Å². The summed E-state index contributed by atoms with van der Waals surface area (Å²) in [6, 6.07) is 18.6. The Hall–Kier alpha value is -3.94. The van der Waals surface area contributed by atoms with E-state index in [1.807, 2.05) is 41.0 Å². The third-order valence-electron chi connectivity index (χ3n) is 4.93. The summed E-state index contributed by atoms with van der Waals surface area (Å²) in [4.78, 5) is 18.4. The number of guanidine groups is 1. The number of H-pyrrole nitrogens is 1. The highest BCUT2D eigenvalue weighted by molar-refractivity contribution is 5.79. The van der Waals surface area contributed by atoms with Crippen molar-refractivity contribution < 1.29 is 0 Å². The van der Waals surface area contributed by atoms with E-state index >= 15 is 0 Å². The summed E-state index contributed by atoms with van der Waals surface area (Å²) in [6.07, 6.45) is 5.14. The van der Waals surface area contributed by atoms with E-state index < -0.39 is 0 Å². The van der Waals surface area contributed by atoms with Gasteiger partial charge >= 0.3 is 0 Å². The molecule has 2 heterocycles. The smallest absolute Gasteiger partial charge is 0.194 e. The van der Waals surface area contributed by atoms with Gasteiger partial charge in [-0.2, -0.15) is 5.10 Å². The molecule has 0 atom stereocenters. The number of nitrogens with one attached hydrogen (secondary N) is 2. The molecular formula is C23H26N8. The zero-order chi connectivity index (χ0) is 21.5. The first-order valence-electron chi connectivity index (χ1n) is 10.1. The van der Waals surface area contributed by atoms with Gasteiger partial charge in [-0.1, -0.05) is 54.6 Å². The minimum atomic E-state index is 0.624. The van der Waals surface area contributed by atoms with Gasteiger partial charge in [-0.25, -0.2) is 14.6 Å². The van der Waals surface area contributed by atoms with Crippen molar-refractivity contribution in [2.24, 2.45) is 4.99 Å². The van der Waals surface area contributed by atoms with Crippen molar-refractivity contribution in [2.45, 2.75) is 19.6 Å². The highest BCUT2D eigenvalue weighted by atomic mass is 15.3. The third-order valence-corrected chi connectivity index (χ3v) is 4.93. The number of aromatic nitrogens is 5. The summed E-state index contributed by atoms with van der Waals surface area (Å²) in [5.41, 5.74) is 4.49. The molecule has 0 spiro atoms. The Morgan fingerprint density at radius 3 is 2.74 bits per heavy atom. The Balaban J connectivity index is 1.35. The zero-order valence-corrected chi connectivity index (χ0v) is 17.7. The van der Waals surface area contributed by atoms with Crippen LogP contribution in [-0.2, 0) is 19.6 Å². The number of nitrogens with zero attached hydrogens (tertiary/aromatic N) is 6. The molecule has 8 heteroatoms. The summed E-state index contributed by atoms with van der Waals surface area (Å²) in [5, 5.41) is 7.60. The topological polar surface area (TPSA) is 87.0 Å². The summed E-state index contributed by atoms with van der Waals surface area (Å²) in [6.45, 7) is 2.00. The van der Waals surface area contributed by atoms with Crippen LogP contribution in [0.3, 0.4) is 0 Å². The fourth-order valence-electron chi connectivity index (χ4n) is 3.41. The molecule has 0 unspecified atom stereocenters. The van der Waals surface area contributed by atoms with Gasteiger partial charge in [0.25, 0.3) is 0 Å². The maximum absolute atomic E-state index is 4.52. The number of rotatable bonds is 7. The fourth-order valence-corrected chi connectivity index (χ4v) is 3.41. The van der Waals surface area contributed by atoms with Crippen LogP contribution in [0.2, 0.25) is 0 Å². The molecule has 0 saturated carbocycles. The first-order chi connectivity index (χ1) is 15.2. The fraction of sp³-hybridized carbons (Fsp3) is 0.217. The molecule has 0 aliphatic carbocycles. The molecule has 2 aromatic carbocycles. The monoisotopic (exact) mass is 414 g/mol. The molecule has 0 fully saturated rings. The molecule has 0 amide bonds. The zero-order valence-electron chi connectivity index (χ0n) is 17.7. The number of benzene rings is 2. The van der Waals surface area contributed by atoms with Gasteiger partial charge in [0.1, 0.15) is 18.5 Å². The van der Waals surface area contributed by atoms with Crippen molar-refractivity contribution in [3.8, 4) is 11.3 Å². The second-order valence-electron chi connectivity index (χ2n) is 7.28. The van der Waals surface area contributed by atoms with E-state index in [2.05, 4.69) is 66.8 Å². The van der Waals surface area contributed by atoms with Crippen LogP contribution < -0.4 is 5.32 Å². The number of imidazole rings is 1. The van der Waals surface area contributed by atoms with Crippen molar-refractivity contribution in [1.82, 2.24) is 34.9 Å². The van der Waals surface area contributed by atoms with Crippen molar-refractivity contribution in [3.05, 3.63) is 90.4 Å². The Morgan fingerprint density at radius 2 is 1.97 bits per heavy atom. The van der Waals surface area contributed by atoms with Crippen molar-refractivity contribution in [1.29, 1.82) is 0 Å². The Bertz CT molecular complexity index is 1120.